The summed E-state index contributed by atoms with van der Waals surface area (Å²) in [6, 6.07) is 9.16. The minimum atomic E-state index is -4.55. The van der Waals surface area contributed by atoms with Crippen molar-refractivity contribution in [3.05, 3.63) is 77.1 Å². The number of hydrogen-bond donors (Lipinski definition) is 0. The van der Waals surface area contributed by atoms with Crippen LogP contribution in [0, 0.1) is 0 Å². The molecule has 10 heteroatoms. The smallest absolute Gasteiger partial charge is 0.416 e. The predicted molar refractivity (Wildman–Crippen MR) is 116 cm³/mol. The molecule has 1 atom stereocenters. The van der Waals surface area contributed by atoms with Gasteiger partial charge in [-0.3, -0.25) is 4.79 Å². The second-order valence-corrected chi connectivity index (χ2v) is 7.59. The largest absolute Gasteiger partial charge is 0.493 e. The molecule has 1 unspecified atom stereocenters. The number of halogens is 3. The summed E-state index contributed by atoms with van der Waals surface area (Å²) in [4.78, 5) is 23.0. The molecule has 0 N–H and O–H groups in total. The van der Waals surface area contributed by atoms with Gasteiger partial charge >= 0.3 is 12.2 Å². The second kappa shape index (κ2) is 9.58. The van der Waals surface area contributed by atoms with Crippen molar-refractivity contribution in [3.8, 4) is 17.5 Å². The van der Waals surface area contributed by atoms with Gasteiger partial charge in [0.15, 0.2) is 11.5 Å². The maximum Gasteiger partial charge on any atom is 0.416 e. The van der Waals surface area contributed by atoms with Gasteiger partial charge in [0.05, 0.1) is 25.8 Å². The molecule has 0 saturated heterocycles. The SMILES string of the molecule is COc1cc2c(cc1OC)C(COc1ncccn1)N(C(=O)c1cccc(C(F)(F)F)c1)CC2. The number of benzene rings is 2. The lowest BCUT2D eigenvalue weighted by Gasteiger charge is -2.37. The third-order valence-electron chi connectivity index (χ3n) is 5.61. The van der Waals surface area contributed by atoms with Crippen molar-refractivity contribution >= 4 is 5.91 Å². The van der Waals surface area contributed by atoms with Crippen LogP contribution < -0.4 is 14.2 Å². The molecule has 1 aliphatic heterocycles. The molecule has 4 rings (SSSR count). The lowest BCUT2D eigenvalue weighted by molar-refractivity contribution is -0.137. The molecule has 34 heavy (non-hydrogen) atoms. The molecule has 1 aromatic heterocycles. The quantitative estimate of drug-likeness (QED) is 0.531. The van der Waals surface area contributed by atoms with E-state index in [0.717, 1.165) is 23.3 Å². The van der Waals surface area contributed by atoms with E-state index < -0.39 is 23.7 Å². The van der Waals surface area contributed by atoms with Crippen molar-refractivity contribution in [1.29, 1.82) is 0 Å². The highest BCUT2D eigenvalue weighted by atomic mass is 19.4. The zero-order valence-corrected chi connectivity index (χ0v) is 18.5. The Morgan fingerprint density at radius 1 is 1.06 bits per heavy atom. The van der Waals surface area contributed by atoms with E-state index in [1.807, 2.05) is 6.07 Å². The van der Waals surface area contributed by atoms with Gasteiger partial charge in [0.25, 0.3) is 5.91 Å². The third kappa shape index (κ3) is 4.75. The first-order valence-corrected chi connectivity index (χ1v) is 10.4. The van der Waals surface area contributed by atoms with Gasteiger partial charge < -0.3 is 19.1 Å². The minimum absolute atomic E-state index is 0.00278. The average molecular weight is 473 g/mol. The van der Waals surface area contributed by atoms with Gasteiger partial charge in [-0.1, -0.05) is 6.07 Å². The summed E-state index contributed by atoms with van der Waals surface area (Å²) in [7, 11) is 3.03. The zero-order chi connectivity index (χ0) is 24.3. The normalized spacial score (nSPS) is 15.4. The summed E-state index contributed by atoms with van der Waals surface area (Å²) >= 11 is 0. The number of ether oxygens (including phenoxy) is 3. The Kier molecular flexibility index (Phi) is 6.58. The monoisotopic (exact) mass is 473 g/mol. The molecule has 2 aromatic carbocycles. The van der Waals surface area contributed by atoms with Crippen LogP contribution in [-0.2, 0) is 12.6 Å². The number of alkyl halides is 3. The number of hydrogen-bond acceptors (Lipinski definition) is 6. The lowest BCUT2D eigenvalue weighted by Crippen LogP contribution is -2.42. The summed E-state index contributed by atoms with van der Waals surface area (Å²) in [6.07, 6.45) is -1.02. The van der Waals surface area contributed by atoms with Crippen molar-refractivity contribution in [2.45, 2.75) is 18.6 Å². The average Bonchev–Trinajstić information content (AvgIpc) is 2.86. The Balaban J connectivity index is 1.72. The Morgan fingerprint density at radius 2 is 1.76 bits per heavy atom. The van der Waals surface area contributed by atoms with E-state index in [1.54, 1.807) is 12.1 Å². The van der Waals surface area contributed by atoms with Crippen LogP contribution in [0.1, 0.15) is 33.1 Å². The number of methoxy groups -OCH3 is 2. The highest BCUT2D eigenvalue weighted by molar-refractivity contribution is 5.95. The third-order valence-corrected chi connectivity index (χ3v) is 5.61. The Bertz CT molecular complexity index is 1170. The maximum atomic E-state index is 13.4. The van der Waals surface area contributed by atoms with E-state index in [4.69, 9.17) is 14.2 Å². The van der Waals surface area contributed by atoms with Crippen LogP contribution in [-0.4, -0.2) is 48.1 Å². The highest BCUT2D eigenvalue weighted by Crippen LogP contribution is 2.39. The van der Waals surface area contributed by atoms with Gasteiger partial charge in [-0.2, -0.15) is 13.2 Å². The lowest BCUT2D eigenvalue weighted by atomic mass is 9.91. The summed E-state index contributed by atoms with van der Waals surface area (Å²) in [6.45, 7) is 0.276. The van der Waals surface area contributed by atoms with Crippen molar-refractivity contribution in [2.75, 3.05) is 27.4 Å². The molecule has 0 bridgehead atoms. The van der Waals surface area contributed by atoms with Crippen molar-refractivity contribution in [3.63, 3.8) is 0 Å². The summed E-state index contributed by atoms with van der Waals surface area (Å²) in [5.41, 5.74) is 0.737. The Labute approximate surface area is 194 Å². The molecule has 7 nitrogen and oxygen atoms in total. The fourth-order valence-corrected chi connectivity index (χ4v) is 3.96. The van der Waals surface area contributed by atoms with Gasteiger partial charge in [-0.05, 0) is 53.9 Å². The van der Waals surface area contributed by atoms with E-state index in [0.29, 0.717) is 17.9 Å². The first-order chi connectivity index (χ1) is 16.3. The van der Waals surface area contributed by atoms with Crippen LogP contribution in [0.5, 0.6) is 17.5 Å². The molecule has 0 spiro atoms. The number of rotatable bonds is 6. The number of carbonyl (C=O) groups excluding carboxylic acids is 1. The van der Waals surface area contributed by atoms with E-state index in [-0.39, 0.29) is 24.7 Å². The Morgan fingerprint density at radius 3 is 2.44 bits per heavy atom. The number of carbonyl (C=O) groups is 1. The molecule has 0 fully saturated rings. The molecule has 3 aromatic rings. The molecule has 178 valence electrons. The van der Waals surface area contributed by atoms with Crippen LogP contribution in [0.4, 0.5) is 13.2 Å². The molecule has 2 heterocycles. The fourth-order valence-electron chi connectivity index (χ4n) is 3.96. The van der Waals surface area contributed by atoms with Crippen molar-refractivity contribution in [1.82, 2.24) is 14.9 Å². The number of fused-ring (bicyclic) bond motifs is 1. The second-order valence-electron chi connectivity index (χ2n) is 7.59. The minimum Gasteiger partial charge on any atom is -0.493 e. The van der Waals surface area contributed by atoms with E-state index >= 15 is 0 Å². The van der Waals surface area contributed by atoms with Crippen LogP contribution in [0.3, 0.4) is 0 Å². The van der Waals surface area contributed by atoms with Gasteiger partial charge in [-0.25, -0.2) is 9.97 Å². The van der Waals surface area contributed by atoms with Crippen LogP contribution in [0.15, 0.2) is 54.9 Å². The van der Waals surface area contributed by atoms with Crippen LogP contribution >= 0.6 is 0 Å². The molecule has 0 saturated carbocycles. The standard InChI is InChI=1S/C24H22F3N3O4/c1-32-20-12-15-7-10-30(22(31)16-5-3-6-17(11-16)24(25,26)27)19(18(15)13-21(20)33-2)14-34-23-28-8-4-9-29-23/h3-6,8-9,11-13,19H,7,10,14H2,1-2H3. The zero-order valence-electron chi connectivity index (χ0n) is 18.5. The van der Waals surface area contributed by atoms with Gasteiger partial charge in [0.1, 0.15) is 6.61 Å². The molecular weight excluding hydrogens is 451 g/mol. The summed E-state index contributed by atoms with van der Waals surface area (Å²) < 4.78 is 56.3. The number of amides is 1. The van der Waals surface area contributed by atoms with E-state index in [1.165, 1.54) is 43.6 Å². The fraction of sp³-hybridized carbons (Fsp3) is 0.292. The van der Waals surface area contributed by atoms with Gasteiger partial charge in [0.2, 0.25) is 0 Å². The van der Waals surface area contributed by atoms with Crippen molar-refractivity contribution < 1.29 is 32.2 Å². The summed E-state index contributed by atoms with van der Waals surface area (Å²) in [5, 5.41) is 0. The molecule has 0 aliphatic carbocycles. The first-order valence-electron chi connectivity index (χ1n) is 10.4. The number of nitrogens with zero attached hydrogens (tertiary/aromatic N) is 3. The van der Waals surface area contributed by atoms with Crippen LogP contribution in [0.25, 0.3) is 0 Å². The first kappa shape index (κ1) is 23.3. The predicted octanol–water partition coefficient (Wildman–Crippen LogP) is 4.33. The molecular formula is C24H22F3N3O4. The molecule has 1 aliphatic rings. The number of aromatic nitrogens is 2. The van der Waals surface area contributed by atoms with Gasteiger partial charge in [0, 0.05) is 24.5 Å². The maximum absolute atomic E-state index is 13.4. The summed E-state index contributed by atoms with van der Waals surface area (Å²) in [5.74, 6) is 0.481. The Hall–Kier alpha value is -3.82. The topological polar surface area (TPSA) is 73.8 Å². The molecule has 0 radical (unpaired) electrons. The van der Waals surface area contributed by atoms with Crippen molar-refractivity contribution in [2.24, 2.45) is 0 Å². The van der Waals surface area contributed by atoms with E-state index in [2.05, 4.69) is 9.97 Å². The van der Waals surface area contributed by atoms with Crippen LogP contribution in [0.2, 0.25) is 0 Å². The highest BCUT2D eigenvalue weighted by Gasteiger charge is 2.35. The van der Waals surface area contributed by atoms with Gasteiger partial charge in [-0.15, -0.1) is 0 Å². The van der Waals surface area contributed by atoms with E-state index in [9.17, 15) is 18.0 Å². The molecule has 1 amide bonds.